The fourth-order valence-corrected chi connectivity index (χ4v) is 1.98. The third kappa shape index (κ3) is 1.68. The van der Waals surface area contributed by atoms with Crippen LogP contribution < -0.4 is 0 Å². The lowest BCUT2D eigenvalue weighted by Gasteiger charge is -1.96. The molecular weight excluding hydrogens is 272 g/mol. The zero-order valence-electron chi connectivity index (χ0n) is 8.14. The molecule has 0 fully saturated rings. The minimum atomic E-state index is -0.976. The standard InChI is InChI=1S/C11H7BrN2O2/c1-13-6-14-5-9(11(15)16)8-3-2-7(12)4-10(8)14/h2-5H,6H2,(H,15,16). The monoisotopic (exact) mass is 278 g/mol. The number of carboxylic acids is 1. The molecule has 5 heteroatoms. The summed E-state index contributed by atoms with van der Waals surface area (Å²) in [4.78, 5) is 14.3. The van der Waals surface area contributed by atoms with Gasteiger partial charge in [0.15, 0.2) is 0 Å². The highest BCUT2D eigenvalue weighted by atomic mass is 79.9. The van der Waals surface area contributed by atoms with E-state index in [9.17, 15) is 4.79 Å². The van der Waals surface area contributed by atoms with Crippen molar-refractivity contribution in [3.05, 3.63) is 45.8 Å². The fourth-order valence-electron chi connectivity index (χ4n) is 1.63. The highest BCUT2D eigenvalue weighted by Crippen LogP contribution is 2.25. The molecule has 0 radical (unpaired) electrons. The second-order valence-corrected chi connectivity index (χ2v) is 4.19. The number of aromatic nitrogens is 1. The van der Waals surface area contributed by atoms with Crippen molar-refractivity contribution in [2.24, 2.45) is 0 Å². The van der Waals surface area contributed by atoms with Crippen LogP contribution in [-0.4, -0.2) is 15.6 Å². The van der Waals surface area contributed by atoms with Gasteiger partial charge in [-0.05, 0) is 12.1 Å². The zero-order valence-corrected chi connectivity index (χ0v) is 9.73. The van der Waals surface area contributed by atoms with Crippen molar-refractivity contribution < 1.29 is 9.90 Å². The maximum absolute atomic E-state index is 11.0. The lowest BCUT2D eigenvalue weighted by Crippen LogP contribution is -1.94. The second-order valence-electron chi connectivity index (χ2n) is 3.28. The van der Waals surface area contributed by atoms with Crippen LogP contribution in [0.4, 0.5) is 0 Å². The molecule has 0 atom stereocenters. The molecule has 1 heterocycles. The number of hydrogen-bond donors (Lipinski definition) is 1. The molecular formula is C11H7BrN2O2. The first-order valence-corrected chi connectivity index (χ1v) is 5.27. The summed E-state index contributed by atoms with van der Waals surface area (Å²) in [6, 6.07) is 5.34. The van der Waals surface area contributed by atoms with Crippen molar-refractivity contribution in [2.75, 3.05) is 0 Å². The lowest BCUT2D eigenvalue weighted by atomic mass is 10.2. The van der Waals surface area contributed by atoms with Gasteiger partial charge in [-0.15, -0.1) is 0 Å². The molecule has 4 nitrogen and oxygen atoms in total. The third-order valence-electron chi connectivity index (χ3n) is 2.30. The zero-order chi connectivity index (χ0) is 11.7. The Morgan fingerprint density at radius 1 is 1.56 bits per heavy atom. The minimum Gasteiger partial charge on any atom is -0.478 e. The number of rotatable bonds is 2. The van der Waals surface area contributed by atoms with Gasteiger partial charge in [0.05, 0.1) is 11.1 Å². The molecule has 0 aliphatic carbocycles. The summed E-state index contributed by atoms with van der Waals surface area (Å²) < 4.78 is 2.50. The largest absolute Gasteiger partial charge is 0.478 e. The predicted octanol–water partition coefficient (Wildman–Crippen LogP) is 2.98. The molecule has 0 unspecified atom stereocenters. The van der Waals surface area contributed by atoms with Gasteiger partial charge in [0.25, 0.3) is 6.67 Å². The highest BCUT2D eigenvalue weighted by Gasteiger charge is 2.14. The Labute approximate surface area is 100 Å². The van der Waals surface area contributed by atoms with Crippen molar-refractivity contribution in [3.63, 3.8) is 0 Å². The molecule has 2 aromatic rings. The third-order valence-corrected chi connectivity index (χ3v) is 2.79. The molecule has 1 N–H and O–H groups in total. The van der Waals surface area contributed by atoms with Gasteiger partial charge >= 0.3 is 5.97 Å². The molecule has 0 saturated carbocycles. The van der Waals surface area contributed by atoms with E-state index >= 15 is 0 Å². The molecule has 0 bridgehead atoms. The number of fused-ring (bicyclic) bond motifs is 1. The maximum Gasteiger partial charge on any atom is 0.337 e. The van der Waals surface area contributed by atoms with Crippen LogP contribution in [0.25, 0.3) is 15.7 Å². The van der Waals surface area contributed by atoms with Crippen LogP contribution in [0.5, 0.6) is 0 Å². The van der Waals surface area contributed by atoms with Gasteiger partial charge in [-0.3, -0.25) is 9.41 Å². The van der Waals surface area contributed by atoms with Crippen molar-refractivity contribution in [2.45, 2.75) is 6.67 Å². The van der Waals surface area contributed by atoms with Crippen molar-refractivity contribution in [1.29, 1.82) is 0 Å². The van der Waals surface area contributed by atoms with Gasteiger partial charge < -0.3 is 5.11 Å². The summed E-state index contributed by atoms with van der Waals surface area (Å²) in [5.74, 6) is -0.976. The van der Waals surface area contributed by atoms with Crippen LogP contribution in [0.15, 0.2) is 28.9 Å². The Morgan fingerprint density at radius 2 is 2.31 bits per heavy atom. The van der Waals surface area contributed by atoms with Crippen LogP contribution in [-0.2, 0) is 6.67 Å². The van der Waals surface area contributed by atoms with Crippen LogP contribution >= 0.6 is 15.9 Å². The van der Waals surface area contributed by atoms with Gasteiger partial charge in [-0.1, -0.05) is 22.0 Å². The van der Waals surface area contributed by atoms with Gasteiger partial charge in [0.1, 0.15) is 0 Å². The molecule has 80 valence electrons. The summed E-state index contributed by atoms with van der Waals surface area (Å²) in [6.45, 7) is 6.96. The van der Waals surface area contributed by atoms with Crippen LogP contribution in [0.1, 0.15) is 10.4 Å². The Kier molecular flexibility index (Phi) is 2.67. The van der Waals surface area contributed by atoms with Crippen molar-refractivity contribution in [3.8, 4) is 0 Å². The molecule has 0 aliphatic heterocycles. The van der Waals surface area contributed by atoms with Crippen molar-refractivity contribution >= 4 is 32.8 Å². The Morgan fingerprint density at radius 3 is 2.94 bits per heavy atom. The van der Waals surface area contributed by atoms with E-state index in [0.717, 1.165) is 9.99 Å². The average molecular weight is 279 g/mol. The highest BCUT2D eigenvalue weighted by molar-refractivity contribution is 9.10. The molecule has 0 saturated heterocycles. The number of halogens is 1. The van der Waals surface area contributed by atoms with Gasteiger partial charge in [-0.2, -0.15) is 0 Å². The minimum absolute atomic E-state index is 0.125. The second kappa shape index (κ2) is 3.99. The number of aromatic carboxylic acids is 1. The molecule has 1 aromatic heterocycles. The number of carboxylic acid groups (broad SMARTS) is 1. The average Bonchev–Trinajstić information content (AvgIpc) is 2.58. The van der Waals surface area contributed by atoms with Gasteiger partial charge in [-0.25, -0.2) is 11.4 Å². The first kappa shape index (κ1) is 10.7. The van der Waals surface area contributed by atoms with E-state index in [2.05, 4.69) is 20.8 Å². The van der Waals surface area contributed by atoms with E-state index in [1.807, 2.05) is 6.07 Å². The van der Waals surface area contributed by atoms with Crippen LogP contribution in [0.2, 0.25) is 0 Å². The number of carbonyl (C=O) groups is 1. The normalized spacial score (nSPS) is 10.2. The SMILES string of the molecule is [C-]#[N+]Cn1cc(C(=O)O)c2ccc(Br)cc21. The quantitative estimate of drug-likeness (QED) is 0.859. The van der Waals surface area contributed by atoms with E-state index in [-0.39, 0.29) is 12.2 Å². The summed E-state index contributed by atoms with van der Waals surface area (Å²) >= 11 is 3.33. The Bertz CT molecular complexity index is 610. The maximum atomic E-state index is 11.0. The van der Waals surface area contributed by atoms with E-state index in [1.54, 1.807) is 16.7 Å². The summed E-state index contributed by atoms with van der Waals surface area (Å²) in [5.41, 5.74) is 0.980. The fraction of sp³-hybridized carbons (Fsp3) is 0.0909. The van der Waals surface area contributed by atoms with Crippen LogP contribution in [0.3, 0.4) is 0 Å². The molecule has 0 spiro atoms. The molecule has 2 rings (SSSR count). The van der Waals surface area contributed by atoms with E-state index in [1.165, 1.54) is 6.20 Å². The van der Waals surface area contributed by atoms with Crippen LogP contribution in [0, 0.1) is 6.57 Å². The van der Waals surface area contributed by atoms with Gasteiger partial charge in [0, 0.05) is 16.1 Å². The lowest BCUT2D eigenvalue weighted by molar-refractivity contribution is 0.0699. The van der Waals surface area contributed by atoms with E-state index in [0.29, 0.717) is 5.39 Å². The molecule has 0 amide bonds. The Hall–Kier alpha value is -1.80. The number of benzene rings is 1. The number of nitrogens with zero attached hydrogens (tertiary/aromatic N) is 2. The topological polar surface area (TPSA) is 46.6 Å². The summed E-state index contributed by atoms with van der Waals surface area (Å²) in [5, 5.41) is 9.68. The molecule has 1 aromatic carbocycles. The molecule has 0 aliphatic rings. The number of hydrogen-bond acceptors (Lipinski definition) is 1. The first-order chi connectivity index (χ1) is 7.63. The van der Waals surface area contributed by atoms with Crippen molar-refractivity contribution in [1.82, 2.24) is 4.57 Å². The summed E-state index contributed by atoms with van der Waals surface area (Å²) in [7, 11) is 0. The molecule has 16 heavy (non-hydrogen) atoms. The van der Waals surface area contributed by atoms with E-state index < -0.39 is 5.97 Å². The summed E-state index contributed by atoms with van der Waals surface area (Å²) in [6.07, 6.45) is 1.50. The van der Waals surface area contributed by atoms with E-state index in [4.69, 9.17) is 11.7 Å². The first-order valence-electron chi connectivity index (χ1n) is 4.48. The predicted molar refractivity (Wildman–Crippen MR) is 63.2 cm³/mol. The Balaban J connectivity index is 2.77. The van der Waals surface area contributed by atoms with Gasteiger partial charge in [0.2, 0.25) is 0 Å². The smallest absolute Gasteiger partial charge is 0.337 e.